The molecule has 80 valence electrons. The first-order valence-electron chi connectivity index (χ1n) is 4.31. The summed E-state index contributed by atoms with van der Waals surface area (Å²) in [6.07, 6.45) is 0. The van der Waals surface area contributed by atoms with Crippen LogP contribution in [0.3, 0.4) is 0 Å². The van der Waals surface area contributed by atoms with Crippen LogP contribution in [0.4, 0.5) is 0 Å². The third kappa shape index (κ3) is 1.63. The minimum atomic E-state index is -3.57. The van der Waals surface area contributed by atoms with Crippen LogP contribution < -0.4 is 4.74 Å². The molecule has 1 aromatic rings. The molecule has 1 aromatic carbocycles. The highest BCUT2D eigenvalue weighted by Crippen LogP contribution is 2.42. The van der Waals surface area contributed by atoms with E-state index in [0.717, 1.165) is 0 Å². The van der Waals surface area contributed by atoms with E-state index >= 15 is 0 Å². The Kier molecular flexibility index (Phi) is 2.47. The molecule has 0 bridgehead atoms. The number of carbonyl (C=O) groups is 1. The maximum atomic E-state index is 11.6. The van der Waals surface area contributed by atoms with Gasteiger partial charge in [-0.2, -0.15) is 0 Å². The van der Waals surface area contributed by atoms with Gasteiger partial charge in [0.15, 0.2) is 0 Å². The van der Waals surface area contributed by atoms with Crippen molar-refractivity contribution < 1.29 is 17.9 Å². The number of carbonyl (C=O) groups excluding carboxylic acids is 1. The lowest BCUT2D eigenvalue weighted by Crippen LogP contribution is -1.99. The Morgan fingerprint density at radius 1 is 1.40 bits per heavy atom. The number of fused-ring (bicyclic) bond motifs is 1. The van der Waals surface area contributed by atoms with Gasteiger partial charge in [-0.15, -0.1) is 0 Å². The predicted octanol–water partition coefficient (Wildman–Crippen LogP) is 1.66. The average Bonchev–Trinajstić information content (AvgIpc) is 2.39. The van der Waals surface area contributed by atoms with Crippen LogP contribution in [0.5, 0.6) is 5.75 Å². The zero-order chi connectivity index (χ0) is 11.1. The number of rotatable bonds is 2. The summed E-state index contributed by atoms with van der Waals surface area (Å²) in [5.74, 6) is 0.258. The first kappa shape index (κ1) is 10.5. The highest BCUT2D eigenvalue weighted by atomic mass is 33.1. The minimum Gasteiger partial charge on any atom is -0.492 e. The summed E-state index contributed by atoms with van der Waals surface area (Å²) in [6, 6.07) is 4.67. The van der Waals surface area contributed by atoms with Gasteiger partial charge in [0.1, 0.15) is 10.6 Å². The summed E-state index contributed by atoms with van der Waals surface area (Å²) in [4.78, 5) is 11.4. The summed E-state index contributed by atoms with van der Waals surface area (Å²) in [5, 5.41) is -0.438. The zero-order valence-electron chi connectivity index (χ0n) is 7.89. The van der Waals surface area contributed by atoms with Crippen LogP contribution in [0, 0.1) is 0 Å². The molecule has 1 heterocycles. The van der Waals surface area contributed by atoms with Crippen molar-refractivity contribution in [3.63, 3.8) is 0 Å². The minimum absolute atomic E-state index is 0.0156. The van der Waals surface area contributed by atoms with E-state index in [1.165, 1.54) is 6.07 Å². The number of benzene rings is 1. The van der Waals surface area contributed by atoms with Crippen molar-refractivity contribution >= 4 is 24.8 Å². The van der Waals surface area contributed by atoms with Gasteiger partial charge in [-0.3, -0.25) is 4.79 Å². The van der Waals surface area contributed by atoms with E-state index in [-0.39, 0.29) is 16.2 Å². The molecule has 0 saturated carbocycles. The van der Waals surface area contributed by atoms with Gasteiger partial charge in [-0.05, 0) is 19.1 Å². The summed E-state index contributed by atoms with van der Waals surface area (Å²) in [7, 11) is -3.22. The second-order valence-corrected chi connectivity index (χ2v) is 6.56. The molecule has 0 amide bonds. The van der Waals surface area contributed by atoms with E-state index in [4.69, 9.17) is 4.74 Å². The van der Waals surface area contributed by atoms with Crippen LogP contribution >= 0.6 is 10.8 Å². The molecule has 0 fully saturated rings. The highest BCUT2D eigenvalue weighted by Gasteiger charge is 2.37. The maximum Gasteiger partial charge on any atom is 0.242 e. The smallest absolute Gasteiger partial charge is 0.242 e. The van der Waals surface area contributed by atoms with E-state index in [0.29, 0.717) is 17.4 Å². The number of ether oxygens (including phenoxy) is 1. The van der Waals surface area contributed by atoms with Gasteiger partial charge in [-0.25, -0.2) is 8.42 Å². The lowest BCUT2D eigenvalue weighted by Gasteiger charge is -2.06. The van der Waals surface area contributed by atoms with Crippen LogP contribution in [0.1, 0.15) is 17.3 Å². The zero-order valence-corrected chi connectivity index (χ0v) is 9.52. The molecule has 15 heavy (non-hydrogen) atoms. The second kappa shape index (κ2) is 3.53. The molecular formula is C9H8O4S2. The molecule has 0 spiro atoms. The van der Waals surface area contributed by atoms with Crippen molar-refractivity contribution in [1.29, 1.82) is 0 Å². The maximum absolute atomic E-state index is 11.6. The SMILES string of the molecule is CCOc1cccc2c1S(=O)(=O)SC2=O. The Hall–Kier alpha value is -1.01. The molecule has 0 N–H and O–H groups in total. The van der Waals surface area contributed by atoms with E-state index in [9.17, 15) is 13.2 Å². The van der Waals surface area contributed by atoms with Crippen LogP contribution in [-0.4, -0.2) is 20.1 Å². The van der Waals surface area contributed by atoms with Crippen LogP contribution in [0.15, 0.2) is 23.1 Å². The predicted molar refractivity (Wildman–Crippen MR) is 56.7 cm³/mol. The highest BCUT2D eigenvalue weighted by molar-refractivity contribution is 8.78. The molecule has 0 unspecified atom stereocenters. The lowest BCUT2D eigenvalue weighted by atomic mass is 10.2. The largest absolute Gasteiger partial charge is 0.492 e. The fourth-order valence-corrected chi connectivity index (χ4v) is 4.43. The van der Waals surface area contributed by atoms with E-state index < -0.39 is 14.0 Å². The summed E-state index contributed by atoms with van der Waals surface area (Å²) in [6.45, 7) is 2.13. The summed E-state index contributed by atoms with van der Waals surface area (Å²) >= 11 is 0. The second-order valence-electron chi connectivity index (χ2n) is 2.89. The molecule has 4 nitrogen and oxygen atoms in total. The molecule has 0 radical (unpaired) electrons. The van der Waals surface area contributed by atoms with Crippen LogP contribution in [-0.2, 0) is 8.87 Å². The molecule has 1 aliphatic heterocycles. The molecule has 2 rings (SSSR count). The standard InChI is InChI=1S/C9H8O4S2/c1-2-13-7-5-3-4-6-8(7)15(11,12)14-9(6)10/h3-5H,2H2,1H3. The molecule has 1 aliphatic rings. The molecular weight excluding hydrogens is 236 g/mol. The van der Waals surface area contributed by atoms with Crippen molar-refractivity contribution in [2.45, 2.75) is 11.8 Å². The van der Waals surface area contributed by atoms with Gasteiger partial charge in [0, 0.05) is 0 Å². The quantitative estimate of drug-likeness (QED) is 0.740. The topological polar surface area (TPSA) is 60.4 Å². The van der Waals surface area contributed by atoms with Crippen LogP contribution in [0.2, 0.25) is 0 Å². The Morgan fingerprint density at radius 3 is 2.80 bits per heavy atom. The Balaban J connectivity index is 2.70. The molecule has 6 heteroatoms. The van der Waals surface area contributed by atoms with Gasteiger partial charge in [-0.1, -0.05) is 6.07 Å². The molecule has 0 aliphatic carbocycles. The Bertz CT molecular complexity index is 519. The fourth-order valence-electron chi connectivity index (χ4n) is 1.39. The third-order valence-electron chi connectivity index (χ3n) is 1.93. The van der Waals surface area contributed by atoms with Crippen molar-refractivity contribution in [3.05, 3.63) is 23.8 Å². The fraction of sp³-hybridized carbons (Fsp3) is 0.222. The van der Waals surface area contributed by atoms with Crippen molar-refractivity contribution in [3.8, 4) is 5.75 Å². The van der Waals surface area contributed by atoms with Gasteiger partial charge in [0.2, 0.25) is 14.0 Å². The Morgan fingerprint density at radius 2 is 2.13 bits per heavy atom. The van der Waals surface area contributed by atoms with Gasteiger partial charge < -0.3 is 4.74 Å². The number of hydrogen-bond acceptors (Lipinski definition) is 5. The normalized spacial score (nSPS) is 17.5. The van der Waals surface area contributed by atoms with Crippen molar-refractivity contribution in [2.75, 3.05) is 6.61 Å². The molecule has 0 aromatic heterocycles. The van der Waals surface area contributed by atoms with Gasteiger partial charge in [0.05, 0.1) is 23.0 Å². The summed E-state index contributed by atoms with van der Waals surface area (Å²) < 4.78 is 28.4. The van der Waals surface area contributed by atoms with E-state index in [1.54, 1.807) is 19.1 Å². The Labute approximate surface area is 90.9 Å². The van der Waals surface area contributed by atoms with Crippen LogP contribution in [0.25, 0.3) is 0 Å². The van der Waals surface area contributed by atoms with Crippen molar-refractivity contribution in [2.24, 2.45) is 0 Å². The first-order valence-corrected chi connectivity index (χ1v) is 7.12. The molecule has 0 atom stereocenters. The summed E-state index contributed by atoms with van der Waals surface area (Å²) in [5.41, 5.74) is 0.214. The van der Waals surface area contributed by atoms with Gasteiger partial charge >= 0.3 is 0 Å². The number of hydrogen-bond donors (Lipinski definition) is 0. The van der Waals surface area contributed by atoms with Crippen molar-refractivity contribution in [1.82, 2.24) is 0 Å². The molecule has 0 saturated heterocycles. The third-order valence-corrected chi connectivity index (χ3v) is 5.06. The monoisotopic (exact) mass is 244 g/mol. The first-order chi connectivity index (χ1) is 7.06. The van der Waals surface area contributed by atoms with E-state index in [1.807, 2.05) is 0 Å². The van der Waals surface area contributed by atoms with E-state index in [2.05, 4.69) is 0 Å². The van der Waals surface area contributed by atoms with Gasteiger partial charge in [0.25, 0.3) is 0 Å². The lowest BCUT2D eigenvalue weighted by molar-refractivity contribution is 0.108. The average molecular weight is 244 g/mol.